The van der Waals surface area contributed by atoms with Gasteiger partial charge in [-0.1, -0.05) is 72.8 Å². The number of hydrogen-bond acceptors (Lipinski definition) is 4. The normalized spacial score (nSPS) is 12.0. The minimum Gasteiger partial charge on any atom is -0.354 e. The van der Waals surface area contributed by atoms with Crippen molar-refractivity contribution < 1.29 is 0 Å². The van der Waals surface area contributed by atoms with Gasteiger partial charge in [0, 0.05) is 45.7 Å². The number of nitrogens with zero attached hydrogens (tertiary/aromatic N) is 4. The fourth-order valence-electron chi connectivity index (χ4n) is 6.58. The molecule has 0 fully saturated rings. The Bertz CT molecular complexity index is 2180. The Hall–Kier alpha value is -6.66. The molecule has 2 aliphatic heterocycles. The summed E-state index contributed by atoms with van der Waals surface area (Å²) in [5.41, 5.74) is 14.8. The van der Waals surface area contributed by atoms with Crippen LogP contribution < -0.4 is 0 Å². The summed E-state index contributed by atoms with van der Waals surface area (Å²) in [5, 5.41) is 0. The van der Waals surface area contributed by atoms with E-state index in [2.05, 4.69) is 107 Å². The summed E-state index contributed by atoms with van der Waals surface area (Å²) in [6, 6.07) is 41.2. The summed E-state index contributed by atoms with van der Waals surface area (Å²) in [4.78, 5) is 27.6. The van der Waals surface area contributed by atoms with Crippen molar-refractivity contribution in [3.8, 4) is 44.8 Å². The smallest absolute Gasteiger partial charge is 0.0753 e. The second kappa shape index (κ2) is 11.6. The van der Waals surface area contributed by atoms with Crippen LogP contribution >= 0.6 is 0 Å². The Morgan fingerprint density at radius 3 is 1.06 bits per heavy atom. The van der Waals surface area contributed by atoms with Crippen LogP contribution in [0.3, 0.4) is 0 Å². The van der Waals surface area contributed by atoms with Gasteiger partial charge >= 0.3 is 0 Å². The number of benzene rings is 2. The minimum absolute atomic E-state index is 0.833. The van der Waals surface area contributed by atoms with E-state index in [-0.39, 0.29) is 0 Å². The molecule has 2 aromatic carbocycles. The van der Waals surface area contributed by atoms with Crippen molar-refractivity contribution in [2.45, 2.75) is 0 Å². The van der Waals surface area contributed by atoms with Gasteiger partial charge in [0.05, 0.1) is 45.2 Å². The first-order valence-corrected chi connectivity index (χ1v) is 15.9. The van der Waals surface area contributed by atoms with E-state index < -0.39 is 0 Å². The van der Waals surface area contributed by atoms with E-state index in [9.17, 15) is 0 Å². The van der Waals surface area contributed by atoms with E-state index in [0.717, 1.165) is 89.6 Å². The Morgan fingerprint density at radius 2 is 0.688 bits per heavy atom. The second-order valence-electron chi connectivity index (χ2n) is 11.7. The summed E-state index contributed by atoms with van der Waals surface area (Å²) in [5.74, 6) is 0. The second-order valence-corrected chi connectivity index (χ2v) is 11.7. The fourth-order valence-corrected chi connectivity index (χ4v) is 6.58. The predicted molar refractivity (Wildman–Crippen MR) is 196 cm³/mol. The zero-order valence-electron chi connectivity index (χ0n) is 25.8. The van der Waals surface area contributed by atoms with Crippen LogP contribution in [0.2, 0.25) is 0 Å². The Balaban J connectivity index is 1.49. The first kappa shape index (κ1) is 27.6. The van der Waals surface area contributed by atoms with Crippen LogP contribution in [-0.4, -0.2) is 29.9 Å². The maximum Gasteiger partial charge on any atom is 0.0753 e. The number of pyridine rings is 2. The monoisotopic (exact) mass is 616 g/mol. The standard InChI is InChI=1S/C42H28N6/c1-3-11-27(12-4-1)39-31-17-21-35(45-31)41(29-15-7-9-25-43-29)37-23-19-33(47-37)40(28-13-5-2-6-14-28)34-20-24-38(48-34)42(30-16-8-10-26-44-30)36-22-18-32(39)46-36/h1-26,45,48H. The van der Waals surface area contributed by atoms with Crippen molar-refractivity contribution in [1.29, 1.82) is 0 Å². The molecule has 0 aliphatic carbocycles. The highest BCUT2D eigenvalue weighted by molar-refractivity contribution is 5.99. The average molecular weight is 617 g/mol. The van der Waals surface area contributed by atoms with E-state index in [1.54, 1.807) is 0 Å². The quantitative estimate of drug-likeness (QED) is 0.206. The lowest BCUT2D eigenvalue weighted by Gasteiger charge is -2.06. The molecule has 0 unspecified atom stereocenters. The van der Waals surface area contributed by atoms with Crippen LogP contribution in [-0.2, 0) is 0 Å². The molecule has 5 aromatic heterocycles. The molecule has 2 aliphatic rings. The molecular weight excluding hydrogens is 589 g/mol. The van der Waals surface area contributed by atoms with Gasteiger partial charge in [0.25, 0.3) is 0 Å². The molecule has 7 aromatic rings. The molecule has 226 valence electrons. The molecule has 0 saturated carbocycles. The summed E-state index contributed by atoms with van der Waals surface area (Å²) in [6.07, 6.45) is 12.0. The Labute approximate surface area is 276 Å². The highest BCUT2D eigenvalue weighted by Gasteiger charge is 2.19. The largest absolute Gasteiger partial charge is 0.354 e. The fraction of sp³-hybridized carbons (Fsp3) is 0. The SMILES string of the molecule is C1=Cc2nc1c(-c1ccccc1)c1ccc([nH]1)c(-c1ccccn1)c1nc(c(-c3ccccc3)c3ccc([nH]3)c2-c2ccccn2)C=C1. The third-order valence-corrected chi connectivity index (χ3v) is 8.72. The van der Waals surface area contributed by atoms with Crippen molar-refractivity contribution in [2.24, 2.45) is 0 Å². The third-order valence-electron chi connectivity index (χ3n) is 8.72. The van der Waals surface area contributed by atoms with Gasteiger partial charge < -0.3 is 9.97 Å². The van der Waals surface area contributed by atoms with Gasteiger partial charge in [-0.25, -0.2) is 9.97 Å². The molecule has 6 nitrogen and oxygen atoms in total. The van der Waals surface area contributed by atoms with Gasteiger partial charge in [0.1, 0.15) is 0 Å². The maximum atomic E-state index is 5.30. The van der Waals surface area contributed by atoms with Crippen LogP contribution in [0, 0.1) is 0 Å². The van der Waals surface area contributed by atoms with E-state index in [4.69, 9.17) is 19.9 Å². The highest BCUT2D eigenvalue weighted by atomic mass is 14.8. The van der Waals surface area contributed by atoms with Crippen LogP contribution in [0.15, 0.2) is 134 Å². The van der Waals surface area contributed by atoms with Gasteiger partial charge in [-0.05, 0) is 84.0 Å². The van der Waals surface area contributed by atoms with Gasteiger partial charge in [0.15, 0.2) is 0 Å². The molecular formula is C42H28N6. The van der Waals surface area contributed by atoms with Crippen LogP contribution in [0.5, 0.6) is 0 Å². The zero-order chi connectivity index (χ0) is 31.9. The molecule has 0 saturated heterocycles. The lowest BCUT2D eigenvalue weighted by Crippen LogP contribution is -1.91. The highest BCUT2D eigenvalue weighted by Crippen LogP contribution is 2.37. The lowest BCUT2D eigenvalue weighted by atomic mass is 10.0. The molecule has 0 atom stereocenters. The summed E-state index contributed by atoms with van der Waals surface area (Å²) in [7, 11) is 0. The number of nitrogens with one attached hydrogen (secondary N) is 2. The summed E-state index contributed by atoms with van der Waals surface area (Å²) >= 11 is 0. The van der Waals surface area contributed by atoms with E-state index >= 15 is 0 Å². The third kappa shape index (κ3) is 4.84. The Kier molecular flexibility index (Phi) is 6.68. The molecule has 0 spiro atoms. The van der Waals surface area contributed by atoms with Crippen molar-refractivity contribution in [3.63, 3.8) is 0 Å². The van der Waals surface area contributed by atoms with Crippen LogP contribution in [0.1, 0.15) is 22.8 Å². The minimum atomic E-state index is 0.833. The number of fused-ring (bicyclic) bond motifs is 8. The lowest BCUT2D eigenvalue weighted by molar-refractivity contribution is 1.27. The van der Waals surface area contributed by atoms with Crippen molar-refractivity contribution in [1.82, 2.24) is 29.9 Å². The van der Waals surface area contributed by atoms with Gasteiger partial charge in [-0.15, -0.1) is 0 Å². The molecule has 7 heterocycles. The first-order valence-electron chi connectivity index (χ1n) is 15.9. The Morgan fingerprint density at radius 1 is 0.333 bits per heavy atom. The number of aromatic nitrogens is 6. The van der Waals surface area contributed by atoms with E-state index in [1.807, 2.05) is 60.9 Å². The first-order chi connectivity index (χ1) is 23.8. The number of rotatable bonds is 4. The number of aromatic amines is 2. The predicted octanol–water partition coefficient (Wildman–Crippen LogP) is 10.1. The molecule has 2 N–H and O–H groups in total. The van der Waals surface area contributed by atoms with Gasteiger partial charge in [-0.3, -0.25) is 9.97 Å². The van der Waals surface area contributed by atoms with Crippen molar-refractivity contribution in [2.75, 3.05) is 0 Å². The zero-order valence-corrected chi connectivity index (χ0v) is 25.8. The number of hydrogen-bond donors (Lipinski definition) is 2. The van der Waals surface area contributed by atoms with Crippen LogP contribution in [0.4, 0.5) is 0 Å². The molecule has 9 rings (SSSR count). The molecule has 0 amide bonds. The van der Waals surface area contributed by atoms with Crippen molar-refractivity contribution >= 4 is 46.4 Å². The number of H-pyrrole nitrogens is 2. The summed E-state index contributed by atoms with van der Waals surface area (Å²) < 4.78 is 0. The van der Waals surface area contributed by atoms with Crippen molar-refractivity contribution in [3.05, 3.63) is 156 Å². The van der Waals surface area contributed by atoms with Gasteiger partial charge in [-0.2, -0.15) is 0 Å². The molecule has 48 heavy (non-hydrogen) atoms. The van der Waals surface area contributed by atoms with Gasteiger partial charge in [0.2, 0.25) is 0 Å². The van der Waals surface area contributed by atoms with E-state index in [1.165, 1.54) is 0 Å². The van der Waals surface area contributed by atoms with Crippen LogP contribution in [0.25, 0.3) is 91.1 Å². The topological polar surface area (TPSA) is 83.1 Å². The maximum absolute atomic E-state index is 5.30. The molecule has 0 radical (unpaired) electrons. The summed E-state index contributed by atoms with van der Waals surface area (Å²) in [6.45, 7) is 0. The average Bonchev–Trinajstić information content (AvgIpc) is 3.98. The van der Waals surface area contributed by atoms with E-state index in [0.29, 0.717) is 0 Å². The molecule has 8 bridgehead atoms. The molecule has 6 heteroatoms.